The number of nitrogens with one attached hydrogen (secondary N) is 1. The van der Waals surface area contributed by atoms with Gasteiger partial charge in [-0.05, 0) is 19.4 Å². The van der Waals surface area contributed by atoms with Crippen molar-refractivity contribution in [3.63, 3.8) is 0 Å². The molecule has 0 saturated carbocycles. The van der Waals surface area contributed by atoms with Crippen LogP contribution in [0.15, 0.2) is 10.6 Å². The van der Waals surface area contributed by atoms with Gasteiger partial charge in [0.05, 0.1) is 6.20 Å². The highest BCUT2D eigenvalue weighted by atomic mass is 16.4. The second kappa shape index (κ2) is 7.44. The molecule has 1 heterocycles. The fraction of sp³-hybridized carbons (Fsp3) is 0.769. The summed E-state index contributed by atoms with van der Waals surface area (Å²) in [5, 5.41) is 3.39. The average Bonchev–Trinajstić information content (AvgIpc) is 2.69. The number of unbranched alkanes of at least 4 members (excludes halogenated alkanes) is 1. The Bertz CT molecular complexity index is 281. The molecule has 92 valence electrons. The molecule has 3 nitrogen and oxygen atoms in total. The molecule has 0 saturated heterocycles. The summed E-state index contributed by atoms with van der Waals surface area (Å²) >= 11 is 0. The molecule has 3 heteroatoms. The fourth-order valence-corrected chi connectivity index (χ4v) is 1.56. The maximum Gasteiger partial charge on any atom is 0.194 e. The van der Waals surface area contributed by atoms with Gasteiger partial charge in [0, 0.05) is 18.9 Å². The Kier molecular flexibility index (Phi) is 6.16. The molecular weight excluding hydrogens is 200 g/mol. The number of aromatic nitrogens is 1. The molecule has 0 spiro atoms. The summed E-state index contributed by atoms with van der Waals surface area (Å²) in [4.78, 5) is 4.29. The Hall–Kier alpha value is -0.830. The standard InChI is InChI=1S/C13H24N2O/c1-4-5-7-12-10-15-13(16-12)8-6-9-14-11(2)3/h10-11,14H,4-9H2,1-3H3. The Morgan fingerprint density at radius 2 is 2.12 bits per heavy atom. The second-order valence-electron chi connectivity index (χ2n) is 4.54. The lowest BCUT2D eigenvalue weighted by molar-refractivity contribution is 0.439. The largest absolute Gasteiger partial charge is 0.446 e. The predicted molar refractivity (Wildman–Crippen MR) is 66.6 cm³/mol. The average molecular weight is 224 g/mol. The lowest BCUT2D eigenvalue weighted by Gasteiger charge is -2.05. The first-order valence-electron chi connectivity index (χ1n) is 6.39. The van der Waals surface area contributed by atoms with E-state index < -0.39 is 0 Å². The van der Waals surface area contributed by atoms with E-state index in [-0.39, 0.29) is 0 Å². The third-order valence-corrected chi connectivity index (χ3v) is 2.50. The minimum absolute atomic E-state index is 0.560. The van der Waals surface area contributed by atoms with E-state index in [0.717, 1.165) is 37.5 Å². The van der Waals surface area contributed by atoms with Crippen molar-refractivity contribution in [2.24, 2.45) is 0 Å². The second-order valence-corrected chi connectivity index (χ2v) is 4.54. The third kappa shape index (κ3) is 5.31. The quantitative estimate of drug-likeness (QED) is 0.690. The van der Waals surface area contributed by atoms with Crippen molar-refractivity contribution in [2.75, 3.05) is 6.54 Å². The Balaban J connectivity index is 2.19. The van der Waals surface area contributed by atoms with E-state index in [2.05, 4.69) is 31.1 Å². The monoisotopic (exact) mass is 224 g/mol. The van der Waals surface area contributed by atoms with E-state index in [9.17, 15) is 0 Å². The van der Waals surface area contributed by atoms with Gasteiger partial charge in [0.2, 0.25) is 0 Å². The van der Waals surface area contributed by atoms with Gasteiger partial charge >= 0.3 is 0 Å². The van der Waals surface area contributed by atoms with Crippen molar-refractivity contribution in [3.05, 3.63) is 17.8 Å². The SMILES string of the molecule is CCCCc1cnc(CCCNC(C)C)o1. The molecule has 0 radical (unpaired) electrons. The molecule has 1 N–H and O–H groups in total. The van der Waals surface area contributed by atoms with Crippen LogP contribution in [0.3, 0.4) is 0 Å². The van der Waals surface area contributed by atoms with Gasteiger partial charge in [-0.25, -0.2) is 4.98 Å². The van der Waals surface area contributed by atoms with Crippen LogP contribution < -0.4 is 5.32 Å². The van der Waals surface area contributed by atoms with Gasteiger partial charge in [-0.15, -0.1) is 0 Å². The van der Waals surface area contributed by atoms with Gasteiger partial charge in [-0.3, -0.25) is 0 Å². The van der Waals surface area contributed by atoms with E-state index in [0.29, 0.717) is 6.04 Å². The van der Waals surface area contributed by atoms with E-state index in [1.54, 1.807) is 0 Å². The van der Waals surface area contributed by atoms with E-state index in [1.807, 2.05) is 6.20 Å². The van der Waals surface area contributed by atoms with Gasteiger partial charge in [-0.1, -0.05) is 27.2 Å². The van der Waals surface area contributed by atoms with E-state index in [4.69, 9.17) is 4.42 Å². The first-order chi connectivity index (χ1) is 7.72. The first-order valence-corrected chi connectivity index (χ1v) is 6.39. The van der Waals surface area contributed by atoms with Crippen molar-refractivity contribution >= 4 is 0 Å². The predicted octanol–water partition coefficient (Wildman–Crippen LogP) is 2.95. The van der Waals surface area contributed by atoms with Crippen LogP contribution in [-0.2, 0) is 12.8 Å². The van der Waals surface area contributed by atoms with Crippen LogP contribution in [0, 0.1) is 0 Å². The fourth-order valence-electron chi connectivity index (χ4n) is 1.56. The molecule has 0 unspecified atom stereocenters. The number of oxazole rings is 1. The Morgan fingerprint density at radius 1 is 1.31 bits per heavy atom. The van der Waals surface area contributed by atoms with Crippen LogP contribution >= 0.6 is 0 Å². The minimum Gasteiger partial charge on any atom is -0.446 e. The molecule has 1 aromatic heterocycles. The summed E-state index contributed by atoms with van der Waals surface area (Å²) in [6, 6.07) is 0.560. The van der Waals surface area contributed by atoms with Gasteiger partial charge in [-0.2, -0.15) is 0 Å². The smallest absolute Gasteiger partial charge is 0.194 e. The first kappa shape index (κ1) is 13.2. The lowest BCUT2D eigenvalue weighted by atomic mass is 10.2. The number of rotatable bonds is 8. The molecule has 0 bridgehead atoms. The molecular formula is C13H24N2O. The summed E-state index contributed by atoms with van der Waals surface area (Å²) in [6.07, 6.45) is 7.31. The molecule has 0 aliphatic carbocycles. The molecule has 0 aliphatic heterocycles. The number of hydrogen-bond donors (Lipinski definition) is 1. The highest BCUT2D eigenvalue weighted by molar-refractivity contribution is 4.94. The molecule has 0 aliphatic rings. The number of hydrogen-bond acceptors (Lipinski definition) is 3. The van der Waals surface area contributed by atoms with Crippen molar-refractivity contribution in [2.45, 2.75) is 58.9 Å². The van der Waals surface area contributed by atoms with E-state index in [1.165, 1.54) is 12.8 Å². The number of nitrogens with zero attached hydrogens (tertiary/aromatic N) is 1. The highest BCUT2D eigenvalue weighted by Gasteiger charge is 2.03. The van der Waals surface area contributed by atoms with Gasteiger partial charge in [0.25, 0.3) is 0 Å². The van der Waals surface area contributed by atoms with Crippen LogP contribution in [0.5, 0.6) is 0 Å². The zero-order chi connectivity index (χ0) is 11.8. The van der Waals surface area contributed by atoms with Crippen LogP contribution in [0.2, 0.25) is 0 Å². The maximum absolute atomic E-state index is 5.65. The molecule has 0 aromatic carbocycles. The normalized spacial score (nSPS) is 11.2. The topological polar surface area (TPSA) is 38.1 Å². The summed E-state index contributed by atoms with van der Waals surface area (Å²) in [6.45, 7) is 7.54. The van der Waals surface area contributed by atoms with Crippen LogP contribution in [0.1, 0.15) is 51.7 Å². The molecule has 16 heavy (non-hydrogen) atoms. The van der Waals surface area contributed by atoms with Crippen LogP contribution in [0.4, 0.5) is 0 Å². The van der Waals surface area contributed by atoms with E-state index >= 15 is 0 Å². The number of aryl methyl sites for hydroxylation is 2. The summed E-state index contributed by atoms with van der Waals surface area (Å²) in [7, 11) is 0. The third-order valence-electron chi connectivity index (χ3n) is 2.50. The van der Waals surface area contributed by atoms with Crippen molar-refractivity contribution < 1.29 is 4.42 Å². The molecule has 1 aromatic rings. The van der Waals surface area contributed by atoms with Crippen molar-refractivity contribution in [3.8, 4) is 0 Å². The van der Waals surface area contributed by atoms with Gasteiger partial charge in [0.1, 0.15) is 5.76 Å². The molecule has 0 fully saturated rings. The summed E-state index contributed by atoms with van der Waals surface area (Å²) in [5.74, 6) is 1.92. The summed E-state index contributed by atoms with van der Waals surface area (Å²) in [5.41, 5.74) is 0. The molecule has 0 atom stereocenters. The Labute approximate surface area is 98.6 Å². The molecule has 0 amide bonds. The lowest BCUT2D eigenvalue weighted by Crippen LogP contribution is -2.23. The zero-order valence-electron chi connectivity index (χ0n) is 10.8. The summed E-state index contributed by atoms with van der Waals surface area (Å²) < 4.78 is 5.65. The highest BCUT2D eigenvalue weighted by Crippen LogP contribution is 2.08. The van der Waals surface area contributed by atoms with Crippen LogP contribution in [0.25, 0.3) is 0 Å². The molecule has 1 rings (SSSR count). The Morgan fingerprint density at radius 3 is 2.81 bits per heavy atom. The van der Waals surface area contributed by atoms with Crippen molar-refractivity contribution in [1.29, 1.82) is 0 Å². The maximum atomic E-state index is 5.65. The zero-order valence-corrected chi connectivity index (χ0v) is 10.8. The van der Waals surface area contributed by atoms with Gasteiger partial charge in [0.15, 0.2) is 5.89 Å². The van der Waals surface area contributed by atoms with Gasteiger partial charge < -0.3 is 9.73 Å². The van der Waals surface area contributed by atoms with Crippen molar-refractivity contribution in [1.82, 2.24) is 10.3 Å². The van der Waals surface area contributed by atoms with Crippen LogP contribution in [-0.4, -0.2) is 17.6 Å². The minimum atomic E-state index is 0.560.